The van der Waals surface area contributed by atoms with Crippen molar-refractivity contribution in [3.8, 4) is 11.3 Å². The first-order valence-electron chi connectivity index (χ1n) is 9.52. The topological polar surface area (TPSA) is 79.3 Å². The molecule has 2 aromatic heterocycles. The molecule has 27 heavy (non-hydrogen) atoms. The number of carbonyl (C=O) groups is 2. The van der Waals surface area contributed by atoms with Gasteiger partial charge in [-0.1, -0.05) is 0 Å². The van der Waals surface area contributed by atoms with Crippen molar-refractivity contribution in [1.82, 2.24) is 25.0 Å². The third kappa shape index (κ3) is 3.07. The number of aromatic nitrogens is 3. The minimum absolute atomic E-state index is 0.269. The van der Waals surface area contributed by atoms with Crippen molar-refractivity contribution in [3.05, 3.63) is 42.4 Å². The Bertz CT molecular complexity index is 860. The molecule has 1 saturated heterocycles. The number of amides is 2. The SMILES string of the molecule is O=C1C(=O)N(C2C[C@@H]3C[C@@H]3C2)CCN1Cc1ccc(-c2cccnc2)nn1. The van der Waals surface area contributed by atoms with Crippen LogP contribution in [0.2, 0.25) is 0 Å². The van der Waals surface area contributed by atoms with Crippen LogP contribution in [0, 0.1) is 11.8 Å². The molecule has 2 aromatic rings. The number of pyridine rings is 1. The first-order chi connectivity index (χ1) is 13.2. The predicted octanol–water partition coefficient (Wildman–Crippen LogP) is 1.51. The quantitative estimate of drug-likeness (QED) is 0.770. The summed E-state index contributed by atoms with van der Waals surface area (Å²) in [5, 5.41) is 8.45. The van der Waals surface area contributed by atoms with E-state index in [1.165, 1.54) is 6.42 Å². The highest BCUT2D eigenvalue weighted by Gasteiger charge is 2.50. The third-order valence-corrected chi connectivity index (χ3v) is 6.03. The molecule has 3 atom stereocenters. The summed E-state index contributed by atoms with van der Waals surface area (Å²) in [6, 6.07) is 7.76. The lowest BCUT2D eigenvalue weighted by Crippen LogP contribution is -2.56. The van der Waals surface area contributed by atoms with Gasteiger partial charge in [-0.15, -0.1) is 0 Å². The van der Waals surface area contributed by atoms with Gasteiger partial charge >= 0.3 is 11.8 Å². The summed E-state index contributed by atoms with van der Waals surface area (Å²) in [5.41, 5.74) is 2.31. The molecule has 1 aliphatic heterocycles. The summed E-state index contributed by atoms with van der Waals surface area (Å²) in [6.45, 7) is 1.49. The zero-order valence-electron chi connectivity index (χ0n) is 15.0. The van der Waals surface area contributed by atoms with E-state index in [4.69, 9.17) is 0 Å². The summed E-state index contributed by atoms with van der Waals surface area (Å²) < 4.78 is 0. The van der Waals surface area contributed by atoms with E-state index in [2.05, 4.69) is 15.2 Å². The van der Waals surface area contributed by atoms with E-state index in [0.717, 1.165) is 35.9 Å². The number of piperazine rings is 1. The Kier molecular flexibility index (Phi) is 3.88. The van der Waals surface area contributed by atoms with E-state index in [0.29, 0.717) is 25.3 Å². The lowest BCUT2D eigenvalue weighted by Gasteiger charge is -2.37. The minimum atomic E-state index is -0.417. The Morgan fingerprint density at radius 3 is 2.52 bits per heavy atom. The molecule has 2 amide bonds. The van der Waals surface area contributed by atoms with E-state index < -0.39 is 5.91 Å². The van der Waals surface area contributed by atoms with Crippen LogP contribution < -0.4 is 0 Å². The van der Waals surface area contributed by atoms with Crippen LogP contribution in [0.5, 0.6) is 0 Å². The van der Waals surface area contributed by atoms with Crippen molar-refractivity contribution in [2.75, 3.05) is 13.1 Å². The van der Waals surface area contributed by atoms with Gasteiger partial charge in [0.1, 0.15) is 0 Å². The Balaban J connectivity index is 1.23. The highest BCUT2D eigenvalue weighted by molar-refractivity contribution is 6.35. The number of nitrogens with zero attached hydrogens (tertiary/aromatic N) is 5. The van der Waals surface area contributed by atoms with Gasteiger partial charge in [0, 0.05) is 37.1 Å². The third-order valence-electron chi connectivity index (χ3n) is 6.03. The van der Waals surface area contributed by atoms with Gasteiger partial charge < -0.3 is 9.80 Å². The van der Waals surface area contributed by atoms with Crippen LogP contribution in [0.15, 0.2) is 36.7 Å². The van der Waals surface area contributed by atoms with Gasteiger partial charge in [0.25, 0.3) is 0 Å². The molecule has 0 bridgehead atoms. The van der Waals surface area contributed by atoms with Gasteiger partial charge in [-0.2, -0.15) is 10.2 Å². The van der Waals surface area contributed by atoms with Crippen molar-refractivity contribution in [3.63, 3.8) is 0 Å². The molecular weight excluding hydrogens is 342 g/mol. The molecule has 7 nitrogen and oxygen atoms in total. The maximum absolute atomic E-state index is 12.6. The number of carbonyl (C=O) groups excluding carboxylic acids is 2. The summed E-state index contributed by atoms with van der Waals surface area (Å²) in [6.07, 6.45) is 6.91. The van der Waals surface area contributed by atoms with E-state index in [9.17, 15) is 9.59 Å². The molecule has 2 aliphatic carbocycles. The van der Waals surface area contributed by atoms with Gasteiger partial charge in [0.15, 0.2) is 0 Å². The first-order valence-corrected chi connectivity index (χ1v) is 9.52. The molecule has 3 fully saturated rings. The number of rotatable bonds is 4. The van der Waals surface area contributed by atoms with E-state index in [1.54, 1.807) is 17.3 Å². The molecule has 0 N–H and O–H groups in total. The molecular formula is C20H21N5O2. The van der Waals surface area contributed by atoms with Crippen LogP contribution in [0.1, 0.15) is 25.0 Å². The molecule has 1 unspecified atom stereocenters. The smallest absolute Gasteiger partial charge is 0.312 e. The molecule has 3 heterocycles. The molecule has 7 heteroatoms. The van der Waals surface area contributed by atoms with Crippen molar-refractivity contribution in [2.45, 2.75) is 31.8 Å². The summed E-state index contributed by atoms with van der Waals surface area (Å²) in [7, 11) is 0. The molecule has 0 radical (unpaired) electrons. The van der Waals surface area contributed by atoms with Crippen LogP contribution in [0.4, 0.5) is 0 Å². The molecule has 5 rings (SSSR count). The standard InChI is InChI=1S/C20H21N5O2/c26-19-20(27)25(17-9-14-8-15(14)10-17)7-6-24(19)12-16-3-4-18(23-22-16)13-2-1-5-21-11-13/h1-5,11,14-15,17H,6-10,12H2/t14-,15+,17?. The highest BCUT2D eigenvalue weighted by atomic mass is 16.2. The average Bonchev–Trinajstić information content (AvgIpc) is 3.32. The largest absolute Gasteiger partial charge is 0.330 e. The fourth-order valence-corrected chi connectivity index (χ4v) is 4.43. The van der Waals surface area contributed by atoms with Crippen LogP contribution in [-0.2, 0) is 16.1 Å². The second-order valence-corrected chi connectivity index (χ2v) is 7.76. The predicted molar refractivity (Wildman–Crippen MR) is 97.0 cm³/mol. The van der Waals surface area contributed by atoms with E-state index in [1.807, 2.05) is 29.2 Å². The summed E-state index contributed by atoms with van der Waals surface area (Å²) in [4.78, 5) is 32.6. The summed E-state index contributed by atoms with van der Waals surface area (Å²) >= 11 is 0. The van der Waals surface area contributed by atoms with E-state index in [-0.39, 0.29) is 11.9 Å². The van der Waals surface area contributed by atoms with Crippen LogP contribution in [0.3, 0.4) is 0 Å². The van der Waals surface area contributed by atoms with Crippen molar-refractivity contribution in [2.24, 2.45) is 11.8 Å². The van der Waals surface area contributed by atoms with Gasteiger partial charge in [0.2, 0.25) is 0 Å². The zero-order valence-corrected chi connectivity index (χ0v) is 15.0. The summed E-state index contributed by atoms with van der Waals surface area (Å²) in [5.74, 6) is 0.821. The van der Waals surface area contributed by atoms with Gasteiger partial charge in [0.05, 0.1) is 17.9 Å². The fourth-order valence-electron chi connectivity index (χ4n) is 4.43. The molecule has 2 saturated carbocycles. The second-order valence-electron chi connectivity index (χ2n) is 7.76. The van der Waals surface area contributed by atoms with Crippen LogP contribution in [-0.4, -0.2) is 55.9 Å². The Morgan fingerprint density at radius 2 is 1.81 bits per heavy atom. The Morgan fingerprint density at radius 1 is 0.963 bits per heavy atom. The van der Waals surface area contributed by atoms with Gasteiger partial charge in [-0.25, -0.2) is 0 Å². The zero-order chi connectivity index (χ0) is 18.4. The number of fused-ring (bicyclic) bond motifs is 1. The number of hydrogen-bond donors (Lipinski definition) is 0. The van der Waals surface area contributed by atoms with Gasteiger partial charge in [-0.3, -0.25) is 14.6 Å². The molecule has 0 aromatic carbocycles. The van der Waals surface area contributed by atoms with E-state index >= 15 is 0 Å². The normalized spacial score (nSPS) is 27.0. The van der Waals surface area contributed by atoms with Crippen LogP contribution in [0.25, 0.3) is 11.3 Å². The van der Waals surface area contributed by atoms with Crippen molar-refractivity contribution >= 4 is 11.8 Å². The lowest BCUT2D eigenvalue weighted by molar-refractivity contribution is -0.158. The average molecular weight is 363 g/mol. The fraction of sp³-hybridized carbons (Fsp3) is 0.450. The number of hydrogen-bond acceptors (Lipinski definition) is 5. The first kappa shape index (κ1) is 16.4. The van der Waals surface area contributed by atoms with Gasteiger partial charge in [-0.05, 0) is 55.4 Å². The minimum Gasteiger partial charge on any atom is -0.330 e. The van der Waals surface area contributed by atoms with Crippen molar-refractivity contribution < 1.29 is 9.59 Å². The highest BCUT2D eigenvalue weighted by Crippen LogP contribution is 2.53. The molecule has 0 spiro atoms. The maximum atomic E-state index is 12.6. The monoisotopic (exact) mass is 363 g/mol. The van der Waals surface area contributed by atoms with Crippen molar-refractivity contribution in [1.29, 1.82) is 0 Å². The Labute approximate surface area is 157 Å². The maximum Gasteiger partial charge on any atom is 0.312 e. The molecule has 138 valence electrons. The lowest BCUT2D eigenvalue weighted by atomic mass is 10.1. The van der Waals surface area contributed by atoms with Crippen LogP contribution >= 0.6 is 0 Å². The molecule has 3 aliphatic rings. The Hall–Kier alpha value is -2.83. The second kappa shape index (κ2) is 6.40.